The van der Waals surface area contributed by atoms with E-state index in [9.17, 15) is 13.2 Å². The molecular formula is C20H22N4O4S2. The van der Waals surface area contributed by atoms with Gasteiger partial charge in [0.1, 0.15) is 10.8 Å². The Balaban J connectivity index is 1.70. The fourth-order valence-corrected chi connectivity index (χ4v) is 4.26. The third-order valence-corrected chi connectivity index (χ3v) is 6.72. The molecule has 0 bridgehead atoms. The van der Waals surface area contributed by atoms with E-state index < -0.39 is 15.9 Å². The van der Waals surface area contributed by atoms with Gasteiger partial charge in [-0.05, 0) is 48.5 Å². The molecule has 3 aromatic rings. The van der Waals surface area contributed by atoms with Gasteiger partial charge in [-0.15, -0.1) is 10.2 Å². The zero-order valence-electron chi connectivity index (χ0n) is 17.0. The van der Waals surface area contributed by atoms with Crippen LogP contribution >= 0.6 is 11.3 Å². The highest BCUT2D eigenvalue weighted by Crippen LogP contribution is 2.28. The van der Waals surface area contributed by atoms with Gasteiger partial charge in [0.15, 0.2) is 0 Å². The van der Waals surface area contributed by atoms with Crippen molar-refractivity contribution in [1.29, 1.82) is 0 Å². The smallest absolute Gasteiger partial charge is 0.261 e. The van der Waals surface area contributed by atoms with E-state index >= 15 is 0 Å². The van der Waals surface area contributed by atoms with E-state index in [-0.39, 0.29) is 10.3 Å². The topological polar surface area (TPSA) is 110 Å². The van der Waals surface area contributed by atoms with Crippen LogP contribution in [-0.4, -0.2) is 31.6 Å². The number of rotatable bonds is 6. The lowest BCUT2D eigenvalue weighted by atomic mass is 9.98. The number of hydrogen-bond donors (Lipinski definition) is 2. The highest BCUT2D eigenvalue weighted by Gasteiger charge is 2.21. The first-order valence-electron chi connectivity index (χ1n) is 9.01. The number of nitrogens with zero attached hydrogens (tertiary/aromatic N) is 2. The molecule has 0 aliphatic heterocycles. The van der Waals surface area contributed by atoms with Crippen molar-refractivity contribution in [3.05, 3.63) is 59.1 Å². The minimum absolute atomic E-state index is 0.0424. The minimum Gasteiger partial charge on any atom is -0.497 e. The lowest BCUT2D eigenvalue weighted by molar-refractivity contribution is 0.102. The Kier molecular flexibility index (Phi) is 6.09. The summed E-state index contributed by atoms with van der Waals surface area (Å²) in [6, 6.07) is 12.2. The van der Waals surface area contributed by atoms with Crippen LogP contribution in [0.15, 0.2) is 53.4 Å². The Bertz CT molecular complexity index is 1130. The van der Waals surface area contributed by atoms with Gasteiger partial charge >= 0.3 is 0 Å². The molecule has 0 radical (unpaired) electrons. The van der Waals surface area contributed by atoms with Gasteiger partial charge in [-0.25, -0.2) is 8.42 Å². The first kappa shape index (κ1) is 21.7. The number of ether oxygens (including phenoxy) is 1. The third-order valence-electron chi connectivity index (χ3n) is 4.06. The predicted octanol–water partition coefficient (Wildman–Crippen LogP) is 3.90. The van der Waals surface area contributed by atoms with Gasteiger partial charge in [0.05, 0.1) is 12.0 Å². The molecule has 1 amide bonds. The molecule has 2 aromatic carbocycles. The molecule has 2 N–H and O–H groups in total. The van der Waals surface area contributed by atoms with Gasteiger partial charge in [-0.1, -0.05) is 32.1 Å². The molecule has 0 atom stereocenters. The summed E-state index contributed by atoms with van der Waals surface area (Å²) in [5.74, 6) is 0.233. The quantitative estimate of drug-likeness (QED) is 0.594. The average molecular weight is 447 g/mol. The molecule has 0 spiro atoms. The van der Waals surface area contributed by atoms with E-state index in [1.807, 2.05) is 20.8 Å². The number of benzene rings is 2. The normalized spacial score (nSPS) is 11.7. The summed E-state index contributed by atoms with van der Waals surface area (Å²) in [6.07, 6.45) is 0. The van der Waals surface area contributed by atoms with Crippen LogP contribution in [0.3, 0.4) is 0 Å². The van der Waals surface area contributed by atoms with Crippen molar-refractivity contribution in [2.45, 2.75) is 31.1 Å². The molecule has 0 aliphatic carbocycles. The number of hydrogen-bond acceptors (Lipinski definition) is 7. The second-order valence-electron chi connectivity index (χ2n) is 7.47. The standard InChI is InChI=1S/C20H22N4O4S2/c1-20(2,3)18-22-23-19(29-18)21-17(25)13-5-11-16(12-6-13)30(26,27)24-14-7-9-15(28-4)10-8-14/h5-12,24H,1-4H3,(H,21,23,25). The summed E-state index contributed by atoms with van der Waals surface area (Å²) in [5, 5.41) is 12.0. The summed E-state index contributed by atoms with van der Waals surface area (Å²) in [4.78, 5) is 12.5. The molecular weight excluding hydrogens is 424 g/mol. The van der Waals surface area contributed by atoms with Crippen LogP contribution in [0.4, 0.5) is 10.8 Å². The van der Waals surface area contributed by atoms with E-state index in [4.69, 9.17) is 4.74 Å². The maximum Gasteiger partial charge on any atom is 0.261 e. The lowest BCUT2D eigenvalue weighted by Crippen LogP contribution is -2.14. The summed E-state index contributed by atoms with van der Waals surface area (Å²) in [6.45, 7) is 6.04. The third kappa shape index (κ3) is 5.14. The molecule has 0 unspecified atom stereocenters. The number of sulfonamides is 1. The molecule has 0 fully saturated rings. The van der Waals surface area contributed by atoms with Gasteiger partial charge < -0.3 is 4.74 Å². The van der Waals surface area contributed by atoms with E-state index in [2.05, 4.69) is 20.2 Å². The first-order valence-corrected chi connectivity index (χ1v) is 11.3. The number of methoxy groups -OCH3 is 1. The van der Waals surface area contributed by atoms with E-state index in [0.29, 0.717) is 22.1 Å². The Morgan fingerprint density at radius 2 is 1.63 bits per heavy atom. The molecule has 0 saturated carbocycles. The van der Waals surface area contributed by atoms with Crippen LogP contribution in [0.5, 0.6) is 5.75 Å². The molecule has 30 heavy (non-hydrogen) atoms. The van der Waals surface area contributed by atoms with Crippen molar-refractivity contribution < 1.29 is 17.9 Å². The zero-order valence-corrected chi connectivity index (χ0v) is 18.6. The molecule has 0 aliphatic rings. The minimum atomic E-state index is -3.79. The molecule has 8 nitrogen and oxygen atoms in total. The van der Waals surface area contributed by atoms with Gasteiger partial charge in [0.25, 0.3) is 15.9 Å². The van der Waals surface area contributed by atoms with Crippen molar-refractivity contribution in [3.8, 4) is 5.75 Å². The van der Waals surface area contributed by atoms with Crippen LogP contribution in [-0.2, 0) is 15.4 Å². The summed E-state index contributed by atoms with van der Waals surface area (Å²) in [5.41, 5.74) is 0.558. The van der Waals surface area contributed by atoms with Crippen molar-refractivity contribution in [2.24, 2.45) is 0 Å². The van der Waals surface area contributed by atoms with Crippen LogP contribution in [0.2, 0.25) is 0 Å². The number of carbonyl (C=O) groups is 1. The number of anilines is 2. The van der Waals surface area contributed by atoms with Crippen molar-refractivity contribution >= 4 is 38.1 Å². The van der Waals surface area contributed by atoms with Gasteiger partial charge in [-0.3, -0.25) is 14.8 Å². The highest BCUT2D eigenvalue weighted by molar-refractivity contribution is 7.92. The molecule has 1 heterocycles. The van der Waals surface area contributed by atoms with Crippen molar-refractivity contribution in [3.63, 3.8) is 0 Å². The van der Waals surface area contributed by atoms with Gasteiger partial charge in [0.2, 0.25) is 5.13 Å². The maximum absolute atomic E-state index is 12.6. The molecule has 1 aromatic heterocycles. The monoisotopic (exact) mass is 446 g/mol. The zero-order chi connectivity index (χ0) is 21.9. The van der Waals surface area contributed by atoms with Crippen LogP contribution in [0.25, 0.3) is 0 Å². The van der Waals surface area contributed by atoms with Crippen LogP contribution in [0, 0.1) is 0 Å². The fraction of sp³-hybridized carbons (Fsp3) is 0.250. The summed E-state index contributed by atoms with van der Waals surface area (Å²) in [7, 11) is -2.26. The second kappa shape index (κ2) is 8.41. The SMILES string of the molecule is COc1ccc(NS(=O)(=O)c2ccc(C(=O)Nc3nnc(C(C)(C)C)s3)cc2)cc1. The fourth-order valence-electron chi connectivity index (χ4n) is 2.40. The average Bonchev–Trinajstić information content (AvgIpc) is 3.17. The number of nitrogens with one attached hydrogen (secondary N) is 2. The largest absolute Gasteiger partial charge is 0.497 e. The van der Waals surface area contributed by atoms with Crippen molar-refractivity contribution in [1.82, 2.24) is 10.2 Å². The van der Waals surface area contributed by atoms with Crippen LogP contribution < -0.4 is 14.8 Å². The Hall–Kier alpha value is -2.98. The summed E-state index contributed by atoms with van der Waals surface area (Å²) < 4.78 is 32.7. The number of carbonyl (C=O) groups excluding carboxylic acids is 1. The van der Waals surface area contributed by atoms with Crippen LogP contribution in [0.1, 0.15) is 36.1 Å². The number of amides is 1. The molecule has 3 rings (SSSR count). The Morgan fingerprint density at radius 3 is 2.17 bits per heavy atom. The number of aromatic nitrogens is 2. The first-order chi connectivity index (χ1) is 14.1. The van der Waals surface area contributed by atoms with Crippen molar-refractivity contribution in [2.75, 3.05) is 17.1 Å². The van der Waals surface area contributed by atoms with E-state index in [0.717, 1.165) is 5.01 Å². The van der Waals surface area contributed by atoms with E-state index in [1.165, 1.54) is 42.7 Å². The molecule has 158 valence electrons. The van der Waals surface area contributed by atoms with E-state index in [1.54, 1.807) is 24.3 Å². The Labute approximate surface area is 179 Å². The Morgan fingerprint density at radius 1 is 1.00 bits per heavy atom. The molecule has 0 saturated heterocycles. The highest BCUT2D eigenvalue weighted by atomic mass is 32.2. The maximum atomic E-state index is 12.6. The lowest BCUT2D eigenvalue weighted by Gasteiger charge is -2.12. The predicted molar refractivity (Wildman–Crippen MR) is 117 cm³/mol. The van der Waals surface area contributed by atoms with Gasteiger partial charge in [-0.2, -0.15) is 0 Å². The van der Waals surface area contributed by atoms with Gasteiger partial charge in [0, 0.05) is 16.7 Å². The summed E-state index contributed by atoms with van der Waals surface area (Å²) >= 11 is 1.31. The molecule has 10 heteroatoms. The second-order valence-corrected chi connectivity index (χ2v) is 10.1.